The van der Waals surface area contributed by atoms with Gasteiger partial charge in [-0.3, -0.25) is 0 Å². The van der Waals surface area contributed by atoms with Crippen LogP contribution in [0.15, 0.2) is 0 Å². The van der Waals surface area contributed by atoms with E-state index in [0.29, 0.717) is 12.0 Å². The van der Waals surface area contributed by atoms with Gasteiger partial charge in [-0.25, -0.2) is 0 Å². The molecule has 3 unspecified atom stereocenters. The second kappa shape index (κ2) is 4.32. The van der Waals surface area contributed by atoms with Crippen molar-refractivity contribution >= 4 is 11.6 Å². The number of alkyl halides is 1. The Morgan fingerprint density at radius 3 is 2.73 bits per heavy atom. The Balaban J connectivity index is 2.18. The van der Waals surface area contributed by atoms with Gasteiger partial charge in [0.05, 0.1) is 6.10 Å². The molecule has 0 spiro atoms. The third-order valence-corrected chi connectivity index (χ3v) is 2.87. The fourth-order valence-corrected chi connectivity index (χ4v) is 1.54. The lowest BCUT2D eigenvalue weighted by Crippen LogP contribution is -2.16. The summed E-state index contributed by atoms with van der Waals surface area (Å²) in [6.07, 6.45) is 4.08. The van der Waals surface area contributed by atoms with Crippen molar-refractivity contribution < 1.29 is 4.74 Å². The summed E-state index contributed by atoms with van der Waals surface area (Å²) in [7, 11) is 0. The SMILES string of the molecule is CC(Cl)C(C)CC1CCCO1. The number of ether oxygens (including phenoxy) is 1. The van der Waals surface area contributed by atoms with E-state index >= 15 is 0 Å². The van der Waals surface area contributed by atoms with Gasteiger partial charge in [0, 0.05) is 12.0 Å². The highest BCUT2D eigenvalue weighted by Gasteiger charge is 2.20. The Labute approximate surface area is 74.1 Å². The summed E-state index contributed by atoms with van der Waals surface area (Å²) >= 11 is 5.95. The van der Waals surface area contributed by atoms with Gasteiger partial charge in [0.1, 0.15) is 0 Å². The van der Waals surface area contributed by atoms with Crippen molar-refractivity contribution in [3.8, 4) is 0 Å². The molecule has 0 bridgehead atoms. The van der Waals surface area contributed by atoms with E-state index in [0.717, 1.165) is 13.0 Å². The molecule has 11 heavy (non-hydrogen) atoms. The van der Waals surface area contributed by atoms with Gasteiger partial charge in [-0.1, -0.05) is 6.92 Å². The quantitative estimate of drug-likeness (QED) is 0.601. The molecule has 2 heteroatoms. The summed E-state index contributed by atoms with van der Waals surface area (Å²) in [5.41, 5.74) is 0. The van der Waals surface area contributed by atoms with Gasteiger partial charge in [-0.2, -0.15) is 0 Å². The molecule has 1 aliphatic rings. The highest BCUT2D eigenvalue weighted by atomic mass is 35.5. The van der Waals surface area contributed by atoms with Gasteiger partial charge in [0.2, 0.25) is 0 Å². The van der Waals surface area contributed by atoms with Crippen molar-refractivity contribution in [2.24, 2.45) is 5.92 Å². The Morgan fingerprint density at radius 1 is 1.55 bits per heavy atom. The molecule has 0 saturated carbocycles. The van der Waals surface area contributed by atoms with E-state index in [1.54, 1.807) is 0 Å². The molecule has 0 radical (unpaired) electrons. The molecule has 1 aliphatic heterocycles. The molecular formula is C9H17ClO. The first-order valence-corrected chi connectivity index (χ1v) is 4.89. The Morgan fingerprint density at radius 2 is 2.27 bits per heavy atom. The van der Waals surface area contributed by atoms with Crippen LogP contribution in [0.3, 0.4) is 0 Å². The minimum atomic E-state index is 0.277. The zero-order chi connectivity index (χ0) is 8.27. The Bertz CT molecular complexity index is 108. The first kappa shape index (κ1) is 9.34. The lowest BCUT2D eigenvalue weighted by molar-refractivity contribution is 0.0917. The van der Waals surface area contributed by atoms with E-state index in [9.17, 15) is 0 Å². The lowest BCUT2D eigenvalue weighted by Gasteiger charge is -2.17. The predicted molar refractivity (Wildman–Crippen MR) is 48.1 cm³/mol. The van der Waals surface area contributed by atoms with Crippen LogP contribution in [0.4, 0.5) is 0 Å². The first-order valence-electron chi connectivity index (χ1n) is 4.46. The maximum atomic E-state index is 5.95. The molecule has 66 valence electrons. The third kappa shape index (κ3) is 3.00. The summed E-state index contributed by atoms with van der Waals surface area (Å²) in [5.74, 6) is 0.583. The van der Waals surface area contributed by atoms with Gasteiger partial charge >= 0.3 is 0 Å². The number of rotatable bonds is 3. The largest absolute Gasteiger partial charge is 0.378 e. The maximum absolute atomic E-state index is 5.95. The smallest absolute Gasteiger partial charge is 0.0579 e. The molecule has 1 nitrogen and oxygen atoms in total. The van der Waals surface area contributed by atoms with Crippen molar-refractivity contribution in [1.82, 2.24) is 0 Å². The van der Waals surface area contributed by atoms with Gasteiger partial charge in [0.25, 0.3) is 0 Å². The van der Waals surface area contributed by atoms with Gasteiger partial charge in [0.15, 0.2) is 0 Å². The monoisotopic (exact) mass is 176 g/mol. The molecule has 1 heterocycles. The van der Waals surface area contributed by atoms with Crippen LogP contribution in [0.1, 0.15) is 33.1 Å². The number of halogens is 1. The maximum Gasteiger partial charge on any atom is 0.0579 e. The van der Waals surface area contributed by atoms with E-state index in [1.165, 1.54) is 12.8 Å². The second-order valence-corrected chi connectivity index (χ2v) is 4.21. The molecule has 0 amide bonds. The van der Waals surface area contributed by atoms with Gasteiger partial charge < -0.3 is 4.74 Å². The van der Waals surface area contributed by atoms with Crippen molar-refractivity contribution in [3.63, 3.8) is 0 Å². The molecule has 0 N–H and O–H groups in total. The Hall–Kier alpha value is 0.250. The van der Waals surface area contributed by atoms with Crippen LogP contribution in [0.5, 0.6) is 0 Å². The molecule has 0 aliphatic carbocycles. The molecule has 0 aromatic rings. The number of hydrogen-bond acceptors (Lipinski definition) is 1. The second-order valence-electron chi connectivity index (χ2n) is 3.53. The van der Waals surface area contributed by atoms with Gasteiger partial charge in [-0.05, 0) is 32.1 Å². The van der Waals surface area contributed by atoms with Crippen molar-refractivity contribution in [2.75, 3.05) is 6.61 Å². The minimum absolute atomic E-state index is 0.277. The molecule has 3 atom stereocenters. The van der Waals surface area contributed by atoms with Crippen LogP contribution in [-0.4, -0.2) is 18.1 Å². The highest BCUT2D eigenvalue weighted by Crippen LogP contribution is 2.23. The topological polar surface area (TPSA) is 9.23 Å². The average molecular weight is 177 g/mol. The summed E-state index contributed by atoms with van der Waals surface area (Å²) in [6.45, 7) is 5.20. The zero-order valence-electron chi connectivity index (χ0n) is 7.35. The van der Waals surface area contributed by atoms with Crippen LogP contribution in [0, 0.1) is 5.92 Å². The van der Waals surface area contributed by atoms with E-state index in [1.807, 2.05) is 0 Å². The fourth-order valence-electron chi connectivity index (χ4n) is 1.43. The highest BCUT2D eigenvalue weighted by molar-refractivity contribution is 6.20. The molecule has 0 aromatic heterocycles. The molecule has 1 fully saturated rings. The summed E-state index contributed by atoms with van der Waals surface area (Å²) < 4.78 is 5.52. The summed E-state index contributed by atoms with van der Waals surface area (Å²) in [5, 5.41) is 0.277. The number of hydrogen-bond donors (Lipinski definition) is 0. The van der Waals surface area contributed by atoms with E-state index in [4.69, 9.17) is 16.3 Å². The van der Waals surface area contributed by atoms with Crippen LogP contribution in [0.2, 0.25) is 0 Å². The zero-order valence-corrected chi connectivity index (χ0v) is 8.10. The molecule has 1 rings (SSSR count). The van der Waals surface area contributed by atoms with Crippen LogP contribution in [-0.2, 0) is 4.74 Å². The standard InChI is InChI=1S/C9H17ClO/c1-7(8(2)10)6-9-4-3-5-11-9/h7-9H,3-6H2,1-2H3. The first-order chi connectivity index (χ1) is 5.20. The van der Waals surface area contributed by atoms with E-state index in [-0.39, 0.29) is 5.38 Å². The summed E-state index contributed by atoms with van der Waals surface area (Å²) in [6, 6.07) is 0. The van der Waals surface area contributed by atoms with Crippen molar-refractivity contribution in [1.29, 1.82) is 0 Å². The average Bonchev–Trinajstić information content (AvgIpc) is 2.39. The van der Waals surface area contributed by atoms with Crippen molar-refractivity contribution in [3.05, 3.63) is 0 Å². The predicted octanol–water partition coefficient (Wildman–Crippen LogP) is 2.82. The van der Waals surface area contributed by atoms with Crippen molar-refractivity contribution in [2.45, 2.75) is 44.6 Å². The molecule has 0 aromatic carbocycles. The van der Waals surface area contributed by atoms with Crippen LogP contribution in [0.25, 0.3) is 0 Å². The minimum Gasteiger partial charge on any atom is -0.378 e. The van der Waals surface area contributed by atoms with E-state index < -0.39 is 0 Å². The van der Waals surface area contributed by atoms with Gasteiger partial charge in [-0.15, -0.1) is 11.6 Å². The van der Waals surface area contributed by atoms with E-state index in [2.05, 4.69) is 13.8 Å². The molecular weight excluding hydrogens is 160 g/mol. The third-order valence-electron chi connectivity index (χ3n) is 2.44. The van der Waals surface area contributed by atoms with Crippen LogP contribution < -0.4 is 0 Å². The lowest BCUT2D eigenvalue weighted by atomic mass is 9.99. The normalized spacial score (nSPS) is 30.3. The molecule has 1 saturated heterocycles. The Kier molecular flexibility index (Phi) is 3.67. The summed E-state index contributed by atoms with van der Waals surface area (Å²) in [4.78, 5) is 0. The van der Waals surface area contributed by atoms with Crippen LogP contribution >= 0.6 is 11.6 Å². The fraction of sp³-hybridized carbons (Fsp3) is 1.00.